The Labute approximate surface area is 113 Å². The molecule has 0 aliphatic carbocycles. The van der Waals surface area contributed by atoms with E-state index in [4.69, 9.17) is 15.2 Å². The topological polar surface area (TPSA) is 86.5 Å². The summed E-state index contributed by atoms with van der Waals surface area (Å²) in [5.41, 5.74) is 6.32. The second-order valence-corrected chi connectivity index (χ2v) is 4.10. The summed E-state index contributed by atoms with van der Waals surface area (Å²) in [7, 11) is 0. The quantitative estimate of drug-likeness (QED) is 0.816. The Morgan fingerprint density at radius 3 is 2.85 bits per heavy atom. The Morgan fingerprint density at radius 1 is 1.35 bits per heavy atom. The van der Waals surface area contributed by atoms with E-state index in [0.29, 0.717) is 22.9 Å². The first-order valence-electron chi connectivity index (χ1n) is 5.75. The van der Waals surface area contributed by atoms with Crippen LogP contribution in [0.2, 0.25) is 0 Å². The van der Waals surface area contributed by atoms with Gasteiger partial charge in [-0.15, -0.1) is 0 Å². The fourth-order valence-corrected chi connectivity index (χ4v) is 1.81. The average Bonchev–Trinajstić information content (AvgIpc) is 2.86. The highest BCUT2D eigenvalue weighted by Crippen LogP contribution is 2.38. The summed E-state index contributed by atoms with van der Waals surface area (Å²) >= 11 is 0. The maximum Gasteiger partial charge on any atom is 0.258 e. The van der Waals surface area contributed by atoms with Crippen molar-refractivity contribution in [2.45, 2.75) is 0 Å². The molecule has 1 aliphatic rings. The molecule has 1 aromatic heterocycles. The van der Waals surface area contributed by atoms with Crippen molar-refractivity contribution in [1.29, 1.82) is 0 Å². The zero-order valence-corrected chi connectivity index (χ0v) is 10.2. The van der Waals surface area contributed by atoms with Crippen molar-refractivity contribution in [2.24, 2.45) is 0 Å². The molecular formula is C13H10FN3O3. The molecule has 6 nitrogen and oxygen atoms in total. The highest BCUT2D eigenvalue weighted by molar-refractivity contribution is 6.06. The monoisotopic (exact) mass is 275 g/mol. The maximum atomic E-state index is 13.5. The molecule has 2 heterocycles. The molecule has 102 valence electrons. The summed E-state index contributed by atoms with van der Waals surface area (Å²) in [6, 6.07) is 4.36. The standard InChI is InChI=1S/C13H10FN3O3/c14-8-5-16-2-1-7(8)13(18)17-10-4-12-11(3-9(10)15)19-6-20-12/h1-5H,6,15H2,(H,17,18). The van der Waals surface area contributed by atoms with Gasteiger partial charge in [0, 0.05) is 18.3 Å². The van der Waals surface area contributed by atoms with Crippen LogP contribution in [0.4, 0.5) is 15.8 Å². The molecule has 0 fully saturated rings. The molecule has 7 heteroatoms. The van der Waals surface area contributed by atoms with Gasteiger partial charge in [0.2, 0.25) is 6.79 Å². The number of nitrogens with zero attached hydrogens (tertiary/aromatic N) is 1. The minimum absolute atomic E-state index is 0.102. The Balaban J connectivity index is 1.88. The van der Waals surface area contributed by atoms with E-state index in [1.807, 2.05) is 0 Å². The Bertz CT molecular complexity index is 691. The Morgan fingerprint density at radius 2 is 2.10 bits per heavy atom. The van der Waals surface area contributed by atoms with Crippen LogP contribution < -0.4 is 20.5 Å². The third kappa shape index (κ3) is 2.09. The van der Waals surface area contributed by atoms with E-state index in [1.54, 1.807) is 6.07 Å². The second-order valence-electron chi connectivity index (χ2n) is 4.10. The van der Waals surface area contributed by atoms with Crippen LogP contribution in [-0.4, -0.2) is 17.7 Å². The number of halogens is 1. The minimum Gasteiger partial charge on any atom is -0.454 e. The number of nitrogen functional groups attached to an aromatic ring is 1. The Kier molecular flexibility index (Phi) is 2.86. The first-order chi connectivity index (χ1) is 9.65. The van der Waals surface area contributed by atoms with E-state index in [1.165, 1.54) is 18.3 Å². The summed E-state index contributed by atoms with van der Waals surface area (Å²) in [5.74, 6) is -0.333. The zero-order chi connectivity index (χ0) is 14.1. The van der Waals surface area contributed by atoms with Crippen LogP contribution >= 0.6 is 0 Å². The predicted molar refractivity (Wildman–Crippen MR) is 69.1 cm³/mol. The van der Waals surface area contributed by atoms with Crippen molar-refractivity contribution in [2.75, 3.05) is 17.8 Å². The van der Waals surface area contributed by atoms with E-state index >= 15 is 0 Å². The molecule has 0 saturated carbocycles. The van der Waals surface area contributed by atoms with Gasteiger partial charge in [0.25, 0.3) is 5.91 Å². The number of rotatable bonds is 2. The number of hydrogen-bond acceptors (Lipinski definition) is 5. The molecule has 2 aromatic rings. The van der Waals surface area contributed by atoms with Gasteiger partial charge >= 0.3 is 0 Å². The molecule has 1 amide bonds. The number of carbonyl (C=O) groups is 1. The molecule has 0 bridgehead atoms. The SMILES string of the molecule is Nc1cc2c(cc1NC(=O)c1ccncc1F)OCO2. The first kappa shape index (κ1) is 12.2. The number of fused-ring (bicyclic) bond motifs is 1. The summed E-state index contributed by atoms with van der Waals surface area (Å²) < 4.78 is 23.8. The van der Waals surface area contributed by atoms with E-state index in [-0.39, 0.29) is 12.4 Å². The highest BCUT2D eigenvalue weighted by atomic mass is 19.1. The lowest BCUT2D eigenvalue weighted by Crippen LogP contribution is -2.15. The largest absolute Gasteiger partial charge is 0.454 e. The Hall–Kier alpha value is -2.83. The van der Waals surface area contributed by atoms with Gasteiger partial charge in [-0.2, -0.15) is 0 Å². The lowest BCUT2D eigenvalue weighted by molar-refractivity contribution is 0.102. The summed E-state index contributed by atoms with van der Waals surface area (Å²) in [6.07, 6.45) is 2.30. The van der Waals surface area contributed by atoms with Gasteiger partial charge in [-0.1, -0.05) is 0 Å². The number of carbonyl (C=O) groups excluding carboxylic acids is 1. The minimum atomic E-state index is -0.704. The highest BCUT2D eigenvalue weighted by Gasteiger charge is 2.18. The van der Waals surface area contributed by atoms with Crippen molar-refractivity contribution >= 4 is 17.3 Å². The maximum absolute atomic E-state index is 13.5. The van der Waals surface area contributed by atoms with Crippen molar-refractivity contribution in [3.8, 4) is 11.5 Å². The van der Waals surface area contributed by atoms with Crippen LogP contribution in [0.15, 0.2) is 30.6 Å². The molecule has 0 spiro atoms. The van der Waals surface area contributed by atoms with Crippen molar-refractivity contribution in [3.05, 3.63) is 42.0 Å². The zero-order valence-electron chi connectivity index (χ0n) is 10.2. The van der Waals surface area contributed by atoms with Gasteiger partial charge in [-0.25, -0.2) is 4.39 Å². The van der Waals surface area contributed by atoms with Crippen LogP contribution in [0, 0.1) is 5.82 Å². The van der Waals surface area contributed by atoms with Gasteiger partial charge in [-0.3, -0.25) is 9.78 Å². The molecule has 1 aliphatic heterocycles. The van der Waals surface area contributed by atoms with E-state index < -0.39 is 11.7 Å². The fourth-order valence-electron chi connectivity index (χ4n) is 1.81. The number of benzene rings is 1. The average molecular weight is 275 g/mol. The van der Waals surface area contributed by atoms with Gasteiger partial charge in [-0.05, 0) is 6.07 Å². The van der Waals surface area contributed by atoms with E-state index in [9.17, 15) is 9.18 Å². The van der Waals surface area contributed by atoms with Gasteiger partial charge < -0.3 is 20.5 Å². The van der Waals surface area contributed by atoms with E-state index in [0.717, 1.165) is 6.20 Å². The number of pyridine rings is 1. The predicted octanol–water partition coefficient (Wildman–Crippen LogP) is 1.78. The van der Waals surface area contributed by atoms with Gasteiger partial charge in [0.05, 0.1) is 23.1 Å². The molecule has 0 radical (unpaired) electrons. The molecular weight excluding hydrogens is 265 g/mol. The molecule has 0 saturated heterocycles. The second kappa shape index (κ2) is 4.69. The molecule has 0 unspecified atom stereocenters. The number of nitrogens with one attached hydrogen (secondary N) is 1. The lowest BCUT2D eigenvalue weighted by atomic mass is 10.2. The third-order valence-electron chi connectivity index (χ3n) is 2.81. The van der Waals surface area contributed by atoms with Gasteiger partial charge in [0.1, 0.15) is 0 Å². The van der Waals surface area contributed by atoms with Crippen LogP contribution in [-0.2, 0) is 0 Å². The van der Waals surface area contributed by atoms with Crippen LogP contribution in [0.5, 0.6) is 11.5 Å². The smallest absolute Gasteiger partial charge is 0.258 e. The molecule has 3 N–H and O–H groups in total. The number of hydrogen-bond donors (Lipinski definition) is 2. The number of anilines is 2. The van der Waals surface area contributed by atoms with Crippen LogP contribution in [0.25, 0.3) is 0 Å². The molecule has 3 rings (SSSR count). The number of aromatic nitrogens is 1. The summed E-state index contributed by atoms with van der Waals surface area (Å²) in [6.45, 7) is 0.102. The number of ether oxygens (including phenoxy) is 2. The van der Waals surface area contributed by atoms with E-state index in [2.05, 4.69) is 10.3 Å². The molecule has 20 heavy (non-hydrogen) atoms. The number of nitrogens with two attached hydrogens (primary N) is 1. The normalized spacial score (nSPS) is 12.2. The van der Waals surface area contributed by atoms with Gasteiger partial charge in [0.15, 0.2) is 17.3 Å². The van der Waals surface area contributed by atoms with Crippen LogP contribution in [0.3, 0.4) is 0 Å². The fraction of sp³-hybridized carbons (Fsp3) is 0.0769. The van der Waals surface area contributed by atoms with Crippen molar-refractivity contribution < 1.29 is 18.7 Å². The summed E-state index contributed by atoms with van der Waals surface area (Å²) in [5, 5.41) is 2.53. The lowest BCUT2D eigenvalue weighted by Gasteiger charge is -2.09. The third-order valence-corrected chi connectivity index (χ3v) is 2.81. The van der Waals surface area contributed by atoms with Crippen molar-refractivity contribution in [3.63, 3.8) is 0 Å². The number of amides is 1. The van der Waals surface area contributed by atoms with Crippen molar-refractivity contribution in [1.82, 2.24) is 4.98 Å². The molecule has 0 atom stereocenters. The first-order valence-corrected chi connectivity index (χ1v) is 5.75. The summed E-state index contributed by atoms with van der Waals surface area (Å²) in [4.78, 5) is 15.6. The van der Waals surface area contributed by atoms with Crippen LogP contribution in [0.1, 0.15) is 10.4 Å². The molecule has 1 aromatic carbocycles.